The van der Waals surface area contributed by atoms with Gasteiger partial charge in [-0.1, -0.05) is 6.07 Å². The van der Waals surface area contributed by atoms with Crippen molar-refractivity contribution >= 4 is 17.7 Å². The van der Waals surface area contributed by atoms with Crippen LogP contribution in [0.25, 0.3) is 0 Å². The van der Waals surface area contributed by atoms with Crippen LogP contribution in [0, 0.1) is 11.6 Å². The predicted octanol–water partition coefficient (Wildman–Crippen LogP) is -0.457. The summed E-state index contributed by atoms with van der Waals surface area (Å²) in [5.41, 5.74) is -0.442. The molecule has 2 heterocycles. The first-order valence-corrected chi connectivity index (χ1v) is 7.83. The lowest BCUT2D eigenvalue weighted by Crippen LogP contribution is -2.64. The number of hydrogen-bond acceptors (Lipinski definition) is 4. The van der Waals surface area contributed by atoms with Gasteiger partial charge in [0.2, 0.25) is 11.8 Å². The number of nitrogens with zero attached hydrogens (tertiary/aromatic N) is 1. The minimum absolute atomic E-state index is 0.0583. The molecule has 0 unspecified atom stereocenters. The van der Waals surface area contributed by atoms with Gasteiger partial charge in [-0.3, -0.25) is 14.4 Å². The molecule has 1 aromatic carbocycles. The number of nitrogens with one attached hydrogen (secondary N) is 2. The topological polar surface area (TPSA) is 98.7 Å². The molecule has 9 heteroatoms. The SMILES string of the molecule is C[C@H](O)[C@H]1NC(=O)[C@@H]2C[C@H](NC(=O)c3cccc(F)c3F)CN2C1=O. The van der Waals surface area contributed by atoms with Crippen LogP contribution in [0.1, 0.15) is 23.7 Å². The quantitative estimate of drug-likeness (QED) is 0.685. The summed E-state index contributed by atoms with van der Waals surface area (Å²) in [5.74, 6) is -4.06. The molecule has 0 aliphatic carbocycles. The summed E-state index contributed by atoms with van der Waals surface area (Å²) < 4.78 is 26.9. The molecule has 134 valence electrons. The first kappa shape index (κ1) is 17.3. The number of piperazine rings is 1. The minimum atomic E-state index is -1.25. The summed E-state index contributed by atoms with van der Waals surface area (Å²) in [6.07, 6.45) is -0.889. The van der Waals surface area contributed by atoms with Crippen LogP contribution in [0.4, 0.5) is 8.78 Å². The summed E-state index contributed by atoms with van der Waals surface area (Å²) in [7, 11) is 0. The molecule has 0 radical (unpaired) electrons. The summed E-state index contributed by atoms with van der Waals surface area (Å²) in [6.45, 7) is 1.45. The Balaban J connectivity index is 1.72. The third kappa shape index (κ3) is 3.07. The lowest BCUT2D eigenvalue weighted by atomic mass is 10.0. The van der Waals surface area contributed by atoms with Crippen LogP contribution in [-0.2, 0) is 9.59 Å². The molecule has 25 heavy (non-hydrogen) atoms. The molecule has 2 fully saturated rings. The second-order valence-corrected chi connectivity index (χ2v) is 6.24. The van der Waals surface area contributed by atoms with Crippen molar-refractivity contribution in [2.45, 2.75) is 37.6 Å². The average molecular weight is 353 g/mol. The number of halogens is 2. The summed E-state index contributed by atoms with van der Waals surface area (Å²) in [4.78, 5) is 37.9. The average Bonchev–Trinajstić information content (AvgIpc) is 2.97. The van der Waals surface area contributed by atoms with E-state index in [1.807, 2.05) is 0 Å². The highest BCUT2D eigenvalue weighted by atomic mass is 19.2. The van der Waals surface area contributed by atoms with Crippen LogP contribution in [0.2, 0.25) is 0 Å². The fourth-order valence-corrected chi connectivity index (χ4v) is 3.19. The van der Waals surface area contributed by atoms with Crippen molar-refractivity contribution in [1.29, 1.82) is 0 Å². The van der Waals surface area contributed by atoms with Gasteiger partial charge in [-0.25, -0.2) is 8.78 Å². The Morgan fingerprint density at radius 1 is 1.40 bits per heavy atom. The molecule has 3 rings (SSSR count). The van der Waals surface area contributed by atoms with Crippen LogP contribution in [0.15, 0.2) is 18.2 Å². The Morgan fingerprint density at radius 2 is 2.12 bits per heavy atom. The van der Waals surface area contributed by atoms with E-state index in [1.54, 1.807) is 0 Å². The Labute approximate surface area is 142 Å². The van der Waals surface area contributed by atoms with Crippen molar-refractivity contribution in [3.63, 3.8) is 0 Å². The van der Waals surface area contributed by atoms with Crippen LogP contribution in [-0.4, -0.2) is 58.5 Å². The first-order valence-electron chi connectivity index (χ1n) is 7.83. The van der Waals surface area contributed by atoms with E-state index >= 15 is 0 Å². The second kappa shape index (κ2) is 6.40. The highest BCUT2D eigenvalue weighted by Crippen LogP contribution is 2.24. The maximum Gasteiger partial charge on any atom is 0.254 e. The number of carbonyl (C=O) groups excluding carboxylic acids is 3. The highest BCUT2D eigenvalue weighted by molar-refractivity contribution is 5.98. The van der Waals surface area contributed by atoms with Crippen molar-refractivity contribution in [2.75, 3.05) is 6.54 Å². The number of benzene rings is 1. The lowest BCUT2D eigenvalue weighted by Gasteiger charge is -2.35. The van der Waals surface area contributed by atoms with Gasteiger partial charge in [0.25, 0.3) is 5.91 Å². The van der Waals surface area contributed by atoms with Gasteiger partial charge in [0.15, 0.2) is 11.6 Å². The molecule has 3 amide bonds. The number of amides is 3. The van der Waals surface area contributed by atoms with Crippen molar-refractivity contribution < 1.29 is 28.3 Å². The molecule has 1 aromatic rings. The maximum absolute atomic E-state index is 13.7. The van der Waals surface area contributed by atoms with Gasteiger partial charge in [-0.05, 0) is 25.5 Å². The van der Waals surface area contributed by atoms with Crippen LogP contribution < -0.4 is 10.6 Å². The molecule has 0 bridgehead atoms. The van der Waals surface area contributed by atoms with E-state index < -0.39 is 59.1 Å². The third-order valence-electron chi connectivity index (χ3n) is 4.46. The molecule has 2 aliphatic heterocycles. The Hall–Kier alpha value is -2.55. The van der Waals surface area contributed by atoms with E-state index in [0.717, 1.165) is 12.1 Å². The summed E-state index contributed by atoms with van der Waals surface area (Å²) in [6, 6.07) is 0.903. The lowest BCUT2D eigenvalue weighted by molar-refractivity contribution is -0.149. The summed E-state index contributed by atoms with van der Waals surface area (Å²) >= 11 is 0. The van der Waals surface area contributed by atoms with Gasteiger partial charge >= 0.3 is 0 Å². The molecule has 0 aromatic heterocycles. The number of fused-ring (bicyclic) bond motifs is 1. The molecule has 0 saturated carbocycles. The van der Waals surface area contributed by atoms with Gasteiger partial charge in [0.05, 0.1) is 11.7 Å². The molecule has 3 N–H and O–H groups in total. The van der Waals surface area contributed by atoms with E-state index in [0.29, 0.717) is 0 Å². The van der Waals surface area contributed by atoms with Crippen LogP contribution >= 0.6 is 0 Å². The van der Waals surface area contributed by atoms with E-state index in [9.17, 15) is 28.3 Å². The minimum Gasteiger partial charge on any atom is -0.391 e. The van der Waals surface area contributed by atoms with E-state index in [1.165, 1.54) is 17.9 Å². The van der Waals surface area contributed by atoms with Gasteiger partial charge in [-0.15, -0.1) is 0 Å². The zero-order chi connectivity index (χ0) is 18.3. The predicted molar refractivity (Wildman–Crippen MR) is 81.3 cm³/mol. The number of aliphatic hydroxyl groups excluding tert-OH is 1. The largest absolute Gasteiger partial charge is 0.391 e. The Bertz CT molecular complexity index is 740. The first-order chi connectivity index (χ1) is 11.8. The third-order valence-corrected chi connectivity index (χ3v) is 4.46. The molecule has 4 atom stereocenters. The van der Waals surface area contributed by atoms with Gasteiger partial charge in [0.1, 0.15) is 12.1 Å². The molecular formula is C16H17F2N3O4. The molecule has 2 aliphatic rings. The number of carbonyl (C=O) groups is 3. The number of aliphatic hydroxyl groups is 1. The summed E-state index contributed by atoms with van der Waals surface area (Å²) in [5, 5.41) is 14.6. The van der Waals surface area contributed by atoms with Gasteiger partial charge in [0, 0.05) is 12.6 Å². The monoisotopic (exact) mass is 353 g/mol. The zero-order valence-electron chi connectivity index (χ0n) is 13.3. The van der Waals surface area contributed by atoms with Crippen LogP contribution in [0.3, 0.4) is 0 Å². The standard InChI is InChI=1S/C16H17F2N3O4/c1-7(22)13-16(25)21-6-8(5-11(21)15(24)20-13)19-14(23)9-3-2-4-10(17)12(9)18/h2-4,7-8,11,13,22H,5-6H2,1H3,(H,19,23)(H,20,24)/t7-,8-,11-,13+/m0/s1. The molecule has 7 nitrogen and oxygen atoms in total. The fraction of sp³-hybridized carbons (Fsp3) is 0.438. The smallest absolute Gasteiger partial charge is 0.254 e. The Morgan fingerprint density at radius 3 is 2.80 bits per heavy atom. The second-order valence-electron chi connectivity index (χ2n) is 6.24. The number of rotatable bonds is 3. The Kier molecular flexibility index (Phi) is 4.42. The zero-order valence-corrected chi connectivity index (χ0v) is 13.3. The fourth-order valence-electron chi connectivity index (χ4n) is 3.19. The van der Waals surface area contributed by atoms with Crippen molar-refractivity contribution in [1.82, 2.24) is 15.5 Å². The van der Waals surface area contributed by atoms with Crippen molar-refractivity contribution in [3.8, 4) is 0 Å². The normalized spacial score (nSPS) is 26.9. The van der Waals surface area contributed by atoms with E-state index in [-0.39, 0.29) is 13.0 Å². The highest BCUT2D eigenvalue weighted by Gasteiger charge is 2.47. The molecule has 2 saturated heterocycles. The van der Waals surface area contributed by atoms with Gasteiger partial charge in [-0.2, -0.15) is 0 Å². The number of hydrogen-bond donors (Lipinski definition) is 3. The molecular weight excluding hydrogens is 336 g/mol. The molecule has 0 spiro atoms. The van der Waals surface area contributed by atoms with Gasteiger partial charge < -0.3 is 20.6 Å². The van der Waals surface area contributed by atoms with Crippen LogP contribution in [0.5, 0.6) is 0 Å². The van der Waals surface area contributed by atoms with E-state index in [2.05, 4.69) is 10.6 Å². The maximum atomic E-state index is 13.7. The van der Waals surface area contributed by atoms with Crippen molar-refractivity contribution in [3.05, 3.63) is 35.4 Å². The van der Waals surface area contributed by atoms with E-state index in [4.69, 9.17) is 0 Å². The van der Waals surface area contributed by atoms with Crippen molar-refractivity contribution in [2.24, 2.45) is 0 Å².